The van der Waals surface area contributed by atoms with E-state index in [4.69, 9.17) is 0 Å². The van der Waals surface area contributed by atoms with E-state index in [0.717, 1.165) is 4.47 Å². The molecule has 1 heterocycles. The lowest BCUT2D eigenvalue weighted by Crippen LogP contribution is -2.25. The molecule has 0 saturated heterocycles. The minimum Gasteiger partial charge on any atom is -0.320 e. The molecule has 1 amide bonds. The fourth-order valence-electron chi connectivity index (χ4n) is 1.80. The zero-order valence-electron chi connectivity index (χ0n) is 11.2. The molecular weight excluding hydrogens is 340 g/mol. The Kier molecular flexibility index (Phi) is 4.69. The van der Waals surface area contributed by atoms with Gasteiger partial charge in [0.25, 0.3) is 5.69 Å². The number of benzene rings is 1. The molecule has 8 heteroatoms. The number of anilines is 1. The third kappa shape index (κ3) is 3.88. The number of rotatable bonds is 5. The minimum atomic E-state index is -0.523. The molecule has 1 atom stereocenters. The molecule has 0 bridgehead atoms. The Morgan fingerprint density at radius 3 is 2.86 bits per heavy atom. The van der Waals surface area contributed by atoms with E-state index in [1.165, 1.54) is 12.1 Å². The number of nitrogens with one attached hydrogen (secondary N) is 1. The molecule has 0 saturated carbocycles. The van der Waals surface area contributed by atoms with Crippen molar-refractivity contribution >= 4 is 33.2 Å². The van der Waals surface area contributed by atoms with Gasteiger partial charge < -0.3 is 5.32 Å². The van der Waals surface area contributed by atoms with Gasteiger partial charge >= 0.3 is 0 Å². The third-order valence-electron chi connectivity index (χ3n) is 2.87. The van der Waals surface area contributed by atoms with E-state index in [2.05, 4.69) is 26.3 Å². The highest BCUT2D eigenvalue weighted by Gasteiger charge is 2.19. The fraction of sp³-hybridized carbons (Fsp3) is 0.231. The Bertz CT molecular complexity index is 671. The van der Waals surface area contributed by atoms with Gasteiger partial charge in [-0.05, 0) is 22.0 Å². The standard InChI is InChI=1S/C13H13BrN4O3/c1-9(7-17-8-10(14)6-15-17)13(19)16-11-4-2-3-5-12(11)18(20)21/h2-6,8-9H,7H2,1H3,(H,16,19). The summed E-state index contributed by atoms with van der Waals surface area (Å²) in [5, 5.41) is 17.6. The van der Waals surface area contributed by atoms with Crippen LogP contribution in [0, 0.1) is 16.0 Å². The SMILES string of the molecule is CC(Cn1cc(Br)cn1)C(=O)Nc1ccccc1[N+](=O)[O-]. The van der Waals surface area contributed by atoms with Gasteiger partial charge in [0.2, 0.25) is 5.91 Å². The summed E-state index contributed by atoms with van der Waals surface area (Å²) < 4.78 is 2.46. The number of aromatic nitrogens is 2. The van der Waals surface area contributed by atoms with Gasteiger partial charge in [-0.3, -0.25) is 19.6 Å². The summed E-state index contributed by atoms with van der Waals surface area (Å²) in [6, 6.07) is 6.05. The molecule has 7 nitrogen and oxygen atoms in total. The molecule has 0 aliphatic heterocycles. The monoisotopic (exact) mass is 352 g/mol. The summed E-state index contributed by atoms with van der Waals surface area (Å²) >= 11 is 3.28. The van der Waals surface area contributed by atoms with E-state index in [0.29, 0.717) is 6.54 Å². The quantitative estimate of drug-likeness (QED) is 0.661. The topological polar surface area (TPSA) is 90.1 Å². The number of hydrogen-bond donors (Lipinski definition) is 1. The molecule has 1 aromatic carbocycles. The summed E-state index contributed by atoms with van der Waals surface area (Å²) in [6.45, 7) is 2.12. The van der Waals surface area contributed by atoms with Crippen LogP contribution >= 0.6 is 15.9 Å². The number of halogens is 1. The van der Waals surface area contributed by atoms with Crippen LogP contribution in [0.2, 0.25) is 0 Å². The first kappa shape index (κ1) is 15.2. The van der Waals surface area contributed by atoms with Crippen molar-refractivity contribution in [3.8, 4) is 0 Å². The first-order valence-corrected chi connectivity index (χ1v) is 6.99. The van der Waals surface area contributed by atoms with Crippen molar-refractivity contribution in [2.45, 2.75) is 13.5 Å². The van der Waals surface area contributed by atoms with Crippen molar-refractivity contribution in [3.63, 3.8) is 0 Å². The van der Waals surface area contributed by atoms with Crippen LogP contribution in [0.15, 0.2) is 41.1 Å². The van der Waals surface area contributed by atoms with E-state index < -0.39 is 4.92 Å². The van der Waals surface area contributed by atoms with Crippen LogP contribution in [0.25, 0.3) is 0 Å². The fourth-order valence-corrected chi connectivity index (χ4v) is 2.12. The normalized spacial score (nSPS) is 11.9. The van der Waals surface area contributed by atoms with Gasteiger partial charge in [-0.1, -0.05) is 19.1 Å². The molecule has 0 aliphatic rings. The second-order valence-electron chi connectivity index (χ2n) is 4.55. The Hall–Kier alpha value is -2.22. The zero-order chi connectivity index (χ0) is 15.4. The van der Waals surface area contributed by atoms with E-state index in [-0.39, 0.29) is 23.2 Å². The lowest BCUT2D eigenvalue weighted by Gasteiger charge is -2.12. The van der Waals surface area contributed by atoms with Crippen LogP contribution in [0.5, 0.6) is 0 Å². The number of amides is 1. The Morgan fingerprint density at radius 1 is 1.52 bits per heavy atom. The van der Waals surface area contributed by atoms with Crippen molar-refractivity contribution in [3.05, 3.63) is 51.2 Å². The molecule has 0 spiro atoms. The highest BCUT2D eigenvalue weighted by molar-refractivity contribution is 9.10. The summed E-state index contributed by atoms with van der Waals surface area (Å²) in [5.74, 6) is -0.674. The first-order chi connectivity index (χ1) is 9.97. The number of carbonyl (C=O) groups is 1. The van der Waals surface area contributed by atoms with Crippen molar-refractivity contribution in [1.82, 2.24) is 9.78 Å². The van der Waals surface area contributed by atoms with Gasteiger partial charge in [-0.2, -0.15) is 5.10 Å². The van der Waals surface area contributed by atoms with E-state index >= 15 is 0 Å². The van der Waals surface area contributed by atoms with Gasteiger partial charge in [0.15, 0.2) is 0 Å². The first-order valence-electron chi connectivity index (χ1n) is 6.19. The maximum absolute atomic E-state index is 12.1. The molecule has 110 valence electrons. The molecule has 1 N–H and O–H groups in total. The molecule has 1 aromatic heterocycles. The van der Waals surface area contributed by atoms with Crippen LogP contribution in [0.3, 0.4) is 0 Å². The van der Waals surface area contributed by atoms with Crippen molar-refractivity contribution in [2.24, 2.45) is 5.92 Å². The molecule has 1 unspecified atom stereocenters. The number of hydrogen-bond acceptors (Lipinski definition) is 4. The summed E-state index contributed by atoms with van der Waals surface area (Å²) in [6.07, 6.45) is 3.39. The average molecular weight is 353 g/mol. The Labute approximate surface area is 129 Å². The number of nitro groups is 1. The Balaban J connectivity index is 2.05. The number of carbonyl (C=O) groups excluding carboxylic acids is 1. The second-order valence-corrected chi connectivity index (χ2v) is 5.46. The molecule has 2 rings (SSSR count). The maximum atomic E-state index is 12.1. The van der Waals surface area contributed by atoms with Crippen LogP contribution in [-0.4, -0.2) is 20.6 Å². The highest BCUT2D eigenvalue weighted by Crippen LogP contribution is 2.23. The van der Waals surface area contributed by atoms with Gasteiger partial charge in [-0.25, -0.2) is 0 Å². The number of nitro benzene ring substituents is 1. The second kappa shape index (κ2) is 6.49. The largest absolute Gasteiger partial charge is 0.320 e. The smallest absolute Gasteiger partial charge is 0.292 e. The molecule has 0 aliphatic carbocycles. The van der Waals surface area contributed by atoms with Crippen LogP contribution in [0.4, 0.5) is 11.4 Å². The van der Waals surface area contributed by atoms with Crippen molar-refractivity contribution in [1.29, 1.82) is 0 Å². The van der Waals surface area contributed by atoms with Gasteiger partial charge in [0.05, 0.1) is 28.1 Å². The summed E-state index contributed by atoms with van der Waals surface area (Å²) in [7, 11) is 0. The molecular formula is C13H13BrN4O3. The molecule has 21 heavy (non-hydrogen) atoms. The summed E-state index contributed by atoms with van der Waals surface area (Å²) in [5.41, 5.74) is 0.0703. The number of nitrogens with zero attached hydrogens (tertiary/aromatic N) is 3. The van der Waals surface area contributed by atoms with Gasteiger partial charge in [0.1, 0.15) is 5.69 Å². The molecule has 2 aromatic rings. The predicted octanol–water partition coefficient (Wildman–Crippen LogP) is 2.83. The predicted molar refractivity (Wildman–Crippen MR) is 80.8 cm³/mol. The van der Waals surface area contributed by atoms with E-state index in [9.17, 15) is 14.9 Å². The lowest BCUT2D eigenvalue weighted by molar-refractivity contribution is -0.383. The van der Waals surface area contributed by atoms with E-state index in [1.54, 1.807) is 36.1 Å². The van der Waals surface area contributed by atoms with Crippen LogP contribution in [0.1, 0.15) is 6.92 Å². The van der Waals surface area contributed by atoms with Crippen molar-refractivity contribution in [2.75, 3.05) is 5.32 Å². The van der Waals surface area contributed by atoms with Crippen molar-refractivity contribution < 1.29 is 9.72 Å². The average Bonchev–Trinajstić information content (AvgIpc) is 2.84. The third-order valence-corrected chi connectivity index (χ3v) is 3.28. The number of para-hydroxylation sites is 2. The summed E-state index contributed by atoms with van der Waals surface area (Å²) in [4.78, 5) is 22.5. The Morgan fingerprint density at radius 2 is 2.24 bits per heavy atom. The maximum Gasteiger partial charge on any atom is 0.292 e. The van der Waals surface area contributed by atoms with Gasteiger partial charge in [0, 0.05) is 12.3 Å². The molecule has 0 fully saturated rings. The zero-order valence-corrected chi connectivity index (χ0v) is 12.8. The van der Waals surface area contributed by atoms with E-state index in [1.807, 2.05) is 0 Å². The highest BCUT2D eigenvalue weighted by atomic mass is 79.9. The van der Waals surface area contributed by atoms with Crippen LogP contribution in [-0.2, 0) is 11.3 Å². The van der Waals surface area contributed by atoms with Crippen LogP contribution < -0.4 is 5.32 Å². The van der Waals surface area contributed by atoms with Gasteiger partial charge in [-0.15, -0.1) is 0 Å². The molecule has 0 radical (unpaired) electrons. The minimum absolute atomic E-state index is 0.125. The lowest BCUT2D eigenvalue weighted by atomic mass is 10.1.